The van der Waals surface area contributed by atoms with E-state index in [1.54, 1.807) is 0 Å². The van der Waals surface area contributed by atoms with E-state index < -0.39 is 0 Å². The molecule has 1 heterocycles. The standard InChI is InChI=1S/C13H15N3/c1-10-2-4-11(5-3-10)8-13-15-14-9-16(13)12-6-7-12/h2-5,9,12H,6-8H2,1H3. The molecule has 16 heavy (non-hydrogen) atoms. The van der Waals surface area contributed by atoms with Crippen LogP contribution in [-0.4, -0.2) is 14.8 Å². The van der Waals surface area contributed by atoms with E-state index in [0.29, 0.717) is 6.04 Å². The Kier molecular flexibility index (Phi) is 2.24. The van der Waals surface area contributed by atoms with Gasteiger partial charge in [-0.2, -0.15) is 0 Å². The van der Waals surface area contributed by atoms with Gasteiger partial charge in [0.1, 0.15) is 12.2 Å². The molecule has 3 heteroatoms. The van der Waals surface area contributed by atoms with Crippen molar-refractivity contribution in [3.8, 4) is 0 Å². The van der Waals surface area contributed by atoms with Gasteiger partial charge in [-0.1, -0.05) is 29.8 Å². The largest absolute Gasteiger partial charge is 0.314 e. The summed E-state index contributed by atoms with van der Waals surface area (Å²) in [6, 6.07) is 9.29. The first-order chi connectivity index (χ1) is 7.83. The second-order valence-corrected chi connectivity index (χ2v) is 4.55. The normalized spacial score (nSPS) is 15.3. The van der Waals surface area contributed by atoms with Crippen LogP contribution in [0, 0.1) is 6.92 Å². The molecule has 1 aromatic heterocycles. The van der Waals surface area contributed by atoms with Gasteiger partial charge in [0.05, 0.1) is 0 Å². The number of aromatic nitrogens is 3. The van der Waals surface area contributed by atoms with Crippen LogP contribution in [0.2, 0.25) is 0 Å². The molecule has 0 N–H and O–H groups in total. The van der Waals surface area contributed by atoms with Gasteiger partial charge in [0.2, 0.25) is 0 Å². The Balaban J connectivity index is 1.82. The Morgan fingerprint density at radius 3 is 2.69 bits per heavy atom. The predicted molar refractivity (Wildman–Crippen MR) is 62.3 cm³/mol. The van der Waals surface area contributed by atoms with Crippen LogP contribution >= 0.6 is 0 Å². The summed E-state index contributed by atoms with van der Waals surface area (Å²) in [5.41, 5.74) is 2.60. The van der Waals surface area contributed by atoms with Gasteiger partial charge >= 0.3 is 0 Å². The molecule has 0 aliphatic heterocycles. The fourth-order valence-electron chi connectivity index (χ4n) is 1.94. The van der Waals surface area contributed by atoms with E-state index >= 15 is 0 Å². The lowest BCUT2D eigenvalue weighted by molar-refractivity contribution is 0.694. The highest BCUT2D eigenvalue weighted by atomic mass is 15.3. The lowest BCUT2D eigenvalue weighted by atomic mass is 10.1. The summed E-state index contributed by atoms with van der Waals surface area (Å²) in [7, 11) is 0. The Labute approximate surface area is 95.1 Å². The summed E-state index contributed by atoms with van der Waals surface area (Å²) in [6.45, 7) is 2.11. The van der Waals surface area contributed by atoms with Gasteiger partial charge in [0.25, 0.3) is 0 Å². The van der Waals surface area contributed by atoms with Crippen molar-refractivity contribution < 1.29 is 0 Å². The molecule has 0 saturated heterocycles. The molecule has 1 fully saturated rings. The Hall–Kier alpha value is -1.64. The summed E-state index contributed by atoms with van der Waals surface area (Å²) in [5, 5.41) is 8.22. The molecule has 1 aliphatic carbocycles. The number of rotatable bonds is 3. The zero-order valence-electron chi connectivity index (χ0n) is 9.43. The fourth-order valence-corrected chi connectivity index (χ4v) is 1.94. The SMILES string of the molecule is Cc1ccc(Cc2nncn2C2CC2)cc1. The average Bonchev–Trinajstić information content (AvgIpc) is 3.03. The summed E-state index contributed by atoms with van der Waals surface area (Å²) in [4.78, 5) is 0. The van der Waals surface area contributed by atoms with E-state index in [0.717, 1.165) is 12.2 Å². The third kappa shape index (κ3) is 1.85. The maximum atomic E-state index is 4.21. The van der Waals surface area contributed by atoms with Crippen LogP contribution in [0.15, 0.2) is 30.6 Å². The number of nitrogens with zero attached hydrogens (tertiary/aromatic N) is 3. The smallest absolute Gasteiger partial charge is 0.137 e. The van der Waals surface area contributed by atoms with Crippen molar-refractivity contribution >= 4 is 0 Å². The minimum atomic E-state index is 0.662. The zero-order valence-corrected chi connectivity index (χ0v) is 9.43. The zero-order chi connectivity index (χ0) is 11.0. The van der Waals surface area contributed by atoms with Crippen LogP contribution in [0.3, 0.4) is 0 Å². The van der Waals surface area contributed by atoms with Crippen LogP contribution < -0.4 is 0 Å². The van der Waals surface area contributed by atoms with E-state index in [1.165, 1.54) is 24.0 Å². The number of aryl methyl sites for hydroxylation is 1. The quantitative estimate of drug-likeness (QED) is 0.784. The highest BCUT2D eigenvalue weighted by Gasteiger charge is 2.25. The molecule has 3 nitrogen and oxygen atoms in total. The van der Waals surface area contributed by atoms with Gasteiger partial charge in [-0.25, -0.2) is 0 Å². The minimum absolute atomic E-state index is 0.662. The molecule has 3 rings (SSSR count). The minimum Gasteiger partial charge on any atom is -0.314 e. The lowest BCUT2D eigenvalue weighted by Gasteiger charge is -2.04. The Bertz CT molecular complexity index is 480. The van der Waals surface area contributed by atoms with Gasteiger partial charge in [-0.3, -0.25) is 0 Å². The number of hydrogen-bond donors (Lipinski definition) is 0. The van der Waals surface area contributed by atoms with Crippen LogP contribution in [0.4, 0.5) is 0 Å². The maximum Gasteiger partial charge on any atom is 0.137 e. The third-order valence-electron chi connectivity index (χ3n) is 3.07. The van der Waals surface area contributed by atoms with Crippen molar-refractivity contribution in [1.29, 1.82) is 0 Å². The van der Waals surface area contributed by atoms with E-state index in [9.17, 15) is 0 Å². The molecular formula is C13H15N3. The molecule has 0 spiro atoms. The Morgan fingerprint density at radius 2 is 2.00 bits per heavy atom. The van der Waals surface area contributed by atoms with Crippen molar-refractivity contribution in [3.05, 3.63) is 47.5 Å². The van der Waals surface area contributed by atoms with Gasteiger partial charge in [-0.05, 0) is 25.3 Å². The lowest BCUT2D eigenvalue weighted by Crippen LogP contribution is -2.01. The second kappa shape index (κ2) is 3.74. The maximum absolute atomic E-state index is 4.21. The predicted octanol–water partition coefficient (Wildman–Crippen LogP) is 2.51. The summed E-state index contributed by atoms with van der Waals surface area (Å²) >= 11 is 0. The fraction of sp³-hybridized carbons (Fsp3) is 0.385. The Morgan fingerprint density at radius 1 is 1.25 bits per heavy atom. The topological polar surface area (TPSA) is 30.7 Å². The molecule has 0 amide bonds. The second-order valence-electron chi connectivity index (χ2n) is 4.55. The molecule has 2 aromatic rings. The summed E-state index contributed by atoms with van der Waals surface area (Å²) < 4.78 is 2.22. The van der Waals surface area contributed by atoms with Crippen molar-refractivity contribution in [2.75, 3.05) is 0 Å². The van der Waals surface area contributed by atoms with Crippen LogP contribution in [-0.2, 0) is 6.42 Å². The van der Waals surface area contributed by atoms with E-state index in [1.807, 2.05) is 6.33 Å². The van der Waals surface area contributed by atoms with Crippen LogP contribution in [0.25, 0.3) is 0 Å². The van der Waals surface area contributed by atoms with Crippen LogP contribution in [0.5, 0.6) is 0 Å². The van der Waals surface area contributed by atoms with E-state index in [-0.39, 0.29) is 0 Å². The van der Waals surface area contributed by atoms with Gasteiger partial charge in [0.15, 0.2) is 0 Å². The van der Waals surface area contributed by atoms with Crippen molar-refractivity contribution in [2.45, 2.75) is 32.2 Å². The summed E-state index contributed by atoms with van der Waals surface area (Å²) in [6.07, 6.45) is 5.30. The highest BCUT2D eigenvalue weighted by Crippen LogP contribution is 2.35. The van der Waals surface area contributed by atoms with E-state index in [4.69, 9.17) is 0 Å². The van der Waals surface area contributed by atoms with Gasteiger partial charge in [-0.15, -0.1) is 10.2 Å². The first-order valence-corrected chi connectivity index (χ1v) is 5.77. The van der Waals surface area contributed by atoms with Gasteiger partial charge in [0, 0.05) is 12.5 Å². The van der Waals surface area contributed by atoms with Gasteiger partial charge < -0.3 is 4.57 Å². The van der Waals surface area contributed by atoms with Crippen molar-refractivity contribution in [2.24, 2.45) is 0 Å². The molecule has 1 saturated carbocycles. The monoisotopic (exact) mass is 213 g/mol. The number of hydrogen-bond acceptors (Lipinski definition) is 2. The molecular weight excluding hydrogens is 198 g/mol. The van der Waals surface area contributed by atoms with Crippen molar-refractivity contribution in [1.82, 2.24) is 14.8 Å². The third-order valence-corrected chi connectivity index (χ3v) is 3.07. The molecule has 0 atom stereocenters. The van der Waals surface area contributed by atoms with Crippen LogP contribution in [0.1, 0.15) is 35.8 Å². The molecule has 1 aromatic carbocycles. The molecule has 0 radical (unpaired) electrons. The first kappa shape index (κ1) is 9.58. The molecule has 0 unspecified atom stereocenters. The van der Waals surface area contributed by atoms with Crippen molar-refractivity contribution in [3.63, 3.8) is 0 Å². The molecule has 82 valence electrons. The summed E-state index contributed by atoms with van der Waals surface area (Å²) in [5.74, 6) is 1.09. The molecule has 1 aliphatic rings. The first-order valence-electron chi connectivity index (χ1n) is 5.77. The van der Waals surface area contributed by atoms with E-state index in [2.05, 4.69) is 46.0 Å². The number of benzene rings is 1. The average molecular weight is 213 g/mol. The highest BCUT2D eigenvalue weighted by molar-refractivity contribution is 5.24. The molecule has 0 bridgehead atoms.